The lowest BCUT2D eigenvalue weighted by Gasteiger charge is -2.35. The predicted molar refractivity (Wildman–Crippen MR) is 128 cm³/mol. The maximum atomic E-state index is 12.8. The van der Waals surface area contributed by atoms with Crippen LogP contribution in [0.1, 0.15) is 51.9 Å². The molecule has 2 aromatic rings. The van der Waals surface area contributed by atoms with Crippen molar-refractivity contribution in [3.63, 3.8) is 0 Å². The van der Waals surface area contributed by atoms with Crippen molar-refractivity contribution in [2.45, 2.75) is 57.9 Å². The van der Waals surface area contributed by atoms with Crippen LogP contribution in [-0.2, 0) is 4.79 Å². The lowest BCUT2D eigenvalue weighted by molar-refractivity contribution is -0.125. The van der Waals surface area contributed by atoms with Crippen molar-refractivity contribution in [2.24, 2.45) is 5.92 Å². The van der Waals surface area contributed by atoms with E-state index in [1.807, 2.05) is 29.2 Å². The number of nitrogens with zero attached hydrogens (tertiary/aromatic N) is 4. The van der Waals surface area contributed by atoms with Gasteiger partial charge >= 0.3 is 6.01 Å². The summed E-state index contributed by atoms with van der Waals surface area (Å²) < 4.78 is 10.7. The summed E-state index contributed by atoms with van der Waals surface area (Å²) in [6.45, 7) is 6.73. The van der Waals surface area contributed by atoms with Gasteiger partial charge in [-0.1, -0.05) is 18.5 Å². The molecule has 33 heavy (non-hydrogen) atoms. The van der Waals surface area contributed by atoms with E-state index in [0.29, 0.717) is 18.4 Å². The van der Waals surface area contributed by atoms with Crippen LogP contribution in [0.3, 0.4) is 0 Å². The summed E-state index contributed by atoms with van der Waals surface area (Å²) in [4.78, 5) is 22.0. The Balaban J connectivity index is 1.25. The summed E-state index contributed by atoms with van der Waals surface area (Å²) in [6, 6.07) is 8.77. The summed E-state index contributed by atoms with van der Waals surface area (Å²) >= 11 is 0. The molecule has 0 aliphatic carbocycles. The molecule has 8 heteroatoms. The van der Waals surface area contributed by atoms with Gasteiger partial charge in [0.1, 0.15) is 5.75 Å². The fraction of sp³-hybridized carbons (Fsp3) is 0.640. The molecular formula is C25H37N5O3. The third-order valence-corrected chi connectivity index (χ3v) is 6.97. The van der Waals surface area contributed by atoms with Gasteiger partial charge in [-0.2, -0.15) is 4.98 Å². The Bertz CT molecular complexity index is 884. The SMILES string of the molecule is CC[C@H]1CCCCN1CCCNC(=O)[C@@H]1CCCN(c2nc(-c3ccc(OC)cc3)no2)C1. The number of anilines is 1. The fourth-order valence-corrected chi connectivity index (χ4v) is 5.02. The minimum Gasteiger partial charge on any atom is -0.497 e. The Kier molecular flexibility index (Phi) is 8.20. The summed E-state index contributed by atoms with van der Waals surface area (Å²) in [5.41, 5.74) is 0.871. The van der Waals surface area contributed by atoms with E-state index in [-0.39, 0.29) is 11.8 Å². The highest BCUT2D eigenvalue weighted by molar-refractivity contribution is 5.79. The van der Waals surface area contributed by atoms with Crippen molar-refractivity contribution < 1.29 is 14.1 Å². The van der Waals surface area contributed by atoms with Gasteiger partial charge in [-0.25, -0.2) is 0 Å². The molecule has 180 valence electrons. The van der Waals surface area contributed by atoms with E-state index >= 15 is 0 Å². The maximum Gasteiger partial charge on any atom is 0.324 e. The maximum absolute atomic E-state index is 12.8. The van der Waals surface area contributed by atoms with Crippen LogP contribution in [0.25, 0.3) is 11.4 Å². The monoisotopic (exact) mass is 455 g/mol. The lowest BCUT2D eigenvalue weighted by Crippen LogP contribution is -2.44. The molecule has 2 atom stereocenters. The summed E-state index contributed by atoms with van der Waals surface area (Å²) in [7, 11) is 1.64. The van der Waals surface area contributed by atoms with Crippen LogP contribution in [0.15, 0.2) is 28.8 Å². The number of nitrogens with one attached hydrogen (secondary N) is 1. The van der Waals surface area contributed by atoms with Crippen LogP contribution in [0, 0.1) is 5.92 Å². The lowest BCUT2D eigenvalue weighted by atomic mass is 9.97. The average molecular weight is 456 g/mol. The first kappa shape index (κ1) is 23.5. The molecule has 1 aromatic carbocycles. The number of piperidine rings is 2. The van der Waals surface area contributed by atoms with Gasteiger partial charge in [-0.3, -0.25) is 4.79 Å². The number of hydrogen-bond donors (Lipinski definition) is 1. The van der Waals surface area contributed by atoms with Gasteiger partial charge in [-0.15, -0.1) is 0 Å². The topological polar surface area (TPSA) is 83.7 Å². The third kappa shape index (κ3) is 6.05. The number of hydrogen-bond acceptors (Lipinski definition) is 7. The van der Waals surface area contributed by atoms with Gasteiger partial charge in [0.05, 0.1) is 13.0 Å². The number of carbonyl (C=O) groups excluding carboxylic acids is 1. The van der Waals surface area contributed by atoms with Crippen LogP contribution in [0.5, 0.6) is 5.75 Å². The Morgan fingerprint density at radius 2 is 2.03 bits per heavy atom. The molecule has 4 rings (SSSR count). The van der Waals surface area contributed by atoms with Gasteiger partial charge in [0.2, 0.25) is 11.7 Å². The van der Waals surface area contributed by atoms with Gasteiger partial charge in [0.25, 0.3) is 0 Å². The first-order valence-corrected chi connectivity index (χ1v) is 12.4. The molecule has 2 aliphatic rings. The first-order chi connectivity index (χ1) is 16.2. The standard InChI is InChI=1S/C25H37N5O3/c1-3-21-9-4-5-15-29(21)17-7-14-26-24(31)20-8-6-16-30(18-20)25-27-23(28-33-25)19-10-12-22(32-2)13-11-19/h10-13,20-21H,3-9,14-18H2,1-2H3,(H,26,31)/t20-,21+/m1/s1. The van der Waals surface area contributed by atoms with Crippen molar-refractivity contribution in [3.8, 4) is 17.1 Å². The Labute approximate surface area is 196 Å². The average Bonchev–Trinajstić information content (AvgIpc) is 3.37. The van der Waals surface area contributed by atoms with Crippen molar-refractivity contribution >= 4 is 11.9 Å². The van der Waals surface area contributed by atoms with Crippen molar-refractivity contribution in [1.82, 2.24) is 20.4 Å². The van der Waals surface area contributed by atoms with E-state index < -0.39 is 0 Å². The quantitative estimate of drug-likeness (QED) is 0.577. The second-order valence-corrected chi connectivity index (χ2v) is 9.15. The molecular weight excluding hydrogens is 418 g/mol. The number of amides is 1. The molecule has 3 heterocycles. The first-order valence-electron chi connectivity index (χ1n) is 12.4. The number of benzene rings is 1. The van der Waals surface area contributed by atoms with E-state index in [4.69, 9.17) is 9.26 Å². The van der Waals surface area contributed by atoms with Crippen molar-refractivity contribution in [3.05, 3.63) is 24.3 Å². The van der Waals surface area contributed by atoms with Crippen molar-refractivity contribution in [1.29, 1.82) is 0 Å². The highest BCUT2D eigenvalue weighted by Crippen LogP contribution is 2.26. The molecule has 1 amide bonds. The van der Waals surface area contributed by atoms with Gasteiger partial charge in [0, 0.05) is 37.8 Å². The van der Waals surface area contributed by atoms with Crippen LogP contribution in [-0.4, -0.2) is 66.8 Å². The zero-order valence-corrected chi connectivity index (χ0v) is 20.0. The normalized spacial score (nSPS) is 21.7. The van der Waals surface area contributed by atoms with Crippen molar-refractivity contribution in [2.75, 3.05) is 44.7 Å². The van der Waals surface area contributed by atoms with Crippen LogP contribution in [0.4, 0.5) is 6.01 Å². The second-order valence-electron chi connectivity index (χ2n) is 9.15. The molecule has 0 saturated carbocycles. The molecule has 0 spiro atoms. The van der Waals surface area contributed by atoms with Crippen LogP contribution in [0.2, 0.25) is 0 Å². The van der Waals surface area contributed by atoms with Crippen LogP contribution >= 0.6 is 0 Å². The molecule has 0 radical (unpaired) electrons. The molecule has 2 fully saturated rings. The Morgan fingerprint density at radius 1 is 1.18 bits per heavy atom. The molecule has 1 N–H and O–H groups in total. The van der Waals surface area contributed by atoms with E-state index in [9.17, 15) is 4.79 Å². The second kappa shape index (κ2) is 11.5. The minimum atomic E-state index is -0.0477. The number of carbonyl (C=O) groups is 1. The number of methoxy groups -OCH3 is 1. The molecule has 1 aromatic heterocycles. The number of rotatable bonds is 9. The highest BCUT2D eigenvalue weighted by atomic mass is 16.5. The molecule has 2 aliphatic heterocycles. The van der Waals surface area contributed by atoms with Gasteiger partial charge in [-0.05, 0) is 69.3 Å². The predicted octanol–water partition coefficient (Wildman–Crippen LogP) is 3.73. The van der Waals surface area contributed by atoms with E-state index in [1.54, 1.807) is 7.11 Å². The van der Waals surface area contributed by atoms with E-state index in [2.05, 4.69) is 27.3 Å². The number of aromatic nitrogens is 2. The fourth-order valence-electron chi connectivity index (χ4n) is 5.02. The van der Waals surface area contributed by atoms with E-state index in [0.717, 1.165) is 56.3 Å². The summed E-state index contributed by atoms with van der Waals surface area (Å²) in [5, 5.41) is 7.30. The minimum absolute atomic E-state index is 0.0477. The Morgan fingerprint density at radius 3 is 2.82 bits per heavy atom. The summed E-state index contributed by atoms with van der Waals surface area (Å²) in [5.74, 6) is 1.42. The highest BCUT2D eigenvalue weighted by Gasteiger charge is 2.28. The molecule has 0 unspecified atom stereocenters. The Hall–Kier alpha value is -2.61. The van der Waals surface area contributed by atoms with Gasteiger partial charge in [0.15, 0.2) is 0 Å². The zero-order valence-electron chi connectivity index (χ0n) is 20.0. The van der Waals surface area contributed by atoms with Crippen LogP contribution < -0.4 is 15.0 Å². The smallest absolute Gasteiger partial charge is 0.324 e. The largest absolute Gasteiger partial charge is 0.497 e. The molecule has 8 nitrogen and oxygen atoms in total. The molecule has 0 bridgehead atoms. The third-order valence-electron chi connectivity index (χ3n) is 6.97. The zero-order chi connectivity index (χ0) is 23.0. The van der Waals surface area contributed by atoms with Gasteiger partial charge < -0.3 is 24.4 Å². The summed E-state index contributed by atoms with van der Waals surface area (Å²) in [6.07, 6.45) is 8.03. The van der Waals surface area contributed by atoms with E-state index in [1.165, 1.54) is 32.2 Å². The number of ether oxygens (including phenoxy) is 1. The molecule has 2 saturated heterocycles. The number of likely N-dealkylation sites (tertiary alicyclic amines) is 1.